The molecule has 0 spiro atoms. The highest BCUT2D eigenvalue weighted by molar-refractivity contribution is 5.95. The lowest BCUT2D eigenvalue weighted by Crippen LogP contribution is -2.54. The topological polar surface area (TPSA) is 61.9 Å². The molecule has 1 N–H and O–H groups in total. The smallest absolute Gasteiger partial charge is 0.409 e. The van der Waals surface area contributed by atoms with Crippen molar-refractivity contribution in [1.82, 2.24) is 9.80 Å². The van der Waals surface area contributed by atoms with Crippen molar-refractivity contribution in [3.8, 4) is 0 Å². The van der Waals surface area contributed by atoms with Crippen LogP contribution in [0.2, 0.25) is 0 Å². The van der Waals surface area contributed by atoms with Crippen LogP contribution in [0.3, 0.4) is 0 Å². The number of rotatable bonds is 4. The summed E-state index contributed by atoms with van der Waals surface area (Å²) >= 11 is 0. The summed E-state index contributed by atoms with van der Waals surface area (Å²) < 4.78 is 5.01. The Morgan fingerprint density at radius 2 is 1.87 bits per heavy atom. The minimum Gasteiger partial charge on any atom is -0.450 e. The summed E-state index contributed by atoms with van der Waals surface area (Å²) in [5.41, 5.74) is 1.88. The third kappa shape index (κ3) is 4.45. The first-order chi connectivity index (χ1) is 11.0. The first-order valence-electron chi connectivity index (χ1n) is 8.05. The molecular weight excluding hydrogens is 294 g/mol. The minimum absolute atomic E-state index is 0.0242. The number of amides is 2. The minimum atomic E-state index is -0.274. The fraction of sp³-hybridized carbons (Fsp3) is 0.529. The maximum atomic E-state index is 12.4. The van der Waals surface area contributed by atoms with Crippen LogP contribution in [0.5, 0.6) is 0 Å². The number of para-hydroxylation sites is 1. The lowest BCUT2D eigenvalue weighted by Gasteiger charge is -2.36. The Kier molecular flexibility index (Phi) is 5.98. The summed E-state index contributed by atoms with van der Waals surface area (Å²) in [6, 6.07) is 7.49. The quantitative estimate of drug-likeness (QED) is 0.923. The maximum absolute atomic E-state index is 12.4. The highest BCUT2D eigenvalue weighted by Crippen LogP contribution is 2.15. The van der Waals surface area contributed by atoms with Crippen molar-refractivity contribution < 1.29 is 14.3 Å². The van der Waals surface area contributed by atoms with E-state index in [2.05, 4.69) is 10.2 Å². The van der Waals surface area contributed by atoms with Gasteiger partial charge in [-0.25, -0.2) is 4.79 Å². The van der Waals surface area contributed by atoms with Crippen molar-refractivity contribution >= 4 is 17.7 Å². The fourth-order valence-electron chi connectivity index (χ4n) is 2.62. The van der Waals surface area contributed by atoms with Crippen LogP contribution in [0.25, 0.3) is 0 Å². The van der Waals surface area contributed by atoms with Gasteiger partial charge in [-0.15, -0.1) is 0 Å². The van der Waals surface area contributed by atoms with E-state index >= 15 is 0 Å². The van der Waals surface area contributed by atoms with Gasteiger partial charge < -0.3 is 15.0 Å². The highest BCUT2D eigenvalue weighted by atomic mass is 16.6. The first kappa shape index (κ1) is 17.3. The Morgan fingerprint density at radius 3 is 2.48 bits per heavy atom. The Balaban J connectivity index is 1.87. The zero-order valence-electron chi connectivity index (χ0n) is 14.0. The third-order valence-corrected chi connectivity index (χ3v) is 4.17. The number of carbonyl (C=O) groups excluding carboxylic acids is 2. The fourth-order valence-corrected chi connectivity index (χ4v) is 2.62. The molecule has 0 saturated carbocycles. The summed E-state index contributed by atoms with van der Waals surface area (Å²) in [4.78, 5) is 27.9. The number of hydrogen-bond acceptors (Lipinski definition) is 4. The standard InChI is InChI=1S/C17H25N3O3/c1-4-23-17(22)20-11-9-19(10-12-20)14(3)16(21)18-15-8-6-5-7-13(15)2/h5-8,14H,4,9-12H2,1-3H3,(H,18,21)/t14-/m0/s1. The number of piperazine rings is 1. The van der Waals surface area contributed by atoms with Crippen molar-refractivity contribution in [3.63, 3.8) is 0 Å². The maximum Gasteiger partial charge on any atom is 0.409 e. The molecule has 0 radical (unpaired) electrons. The summed E-state index contributed by atoms with van der Waals surface area (Å²) in [7, 11) is 0. The second-order valence-electron chi connectivity index (χ2n) is 5.70. The normalized spacial score (nSPS) is 16.7. The highest BCUT2D eigenvalue weighted by Gasteiger charge is 2.28. The molecule has 126 valence electrons. The van der Waals surface area contributed by atoms with E-state index in [1.54, 1.807) is 11.8 Å². The molecule has 1 aromatic rings. The van der Waals surface area contributed by atoms with Crippen LogP contribution >= 0.6 is 0 Å². The molecular formula is C17H25N3O3. The van der Waals surface area contributed by atoms with Crippen LogP contribution in [0.4, 0.5) is 10.5 Å². The van der Waals surface area contributed by atoms with Gasteiger partial charge in [0.1, 0.15) is 0 Å². The Bertz CT molecular complexity index is 554. The van der Waals surface area contributed by atoms with E-state index in [0.717, 1.165) is 11.3 Å². The Morgan fingerprint density at radius 1 is 1.22 bits per heavy atom. The zero-order chi connectivity index (χ0) is 16.8. The number of ether oxygens (including phenoxy) is 1. The van der Waals surface area contributed by atoms with Gasteiger partial charge in [0.05, 0.1) is 12.6 Å². The molecule has 6 nitrogen and oxygen atoms in total. The number of nitrogens with one attached hydrogen (secondary N) is 1. The summed E-state index contributed by atoms with van der Waals surface area (Å²) in [5, 5.41) is 2.98. The number of hydrogen-bond donors (Lipinski definition) is 1. The van der Waals surface area contributed by atoms with Crippen molar-refractivity contribution in [2.24, 2.45) is 0 Å². The van der Waals surface area contributed by atoms with E-state index in [1.807, 2.05) is 38.1 Å². The lowest BCUT2D eigenvalue weighted by atomic mass is 10.1. The Hall–Kier alpha value is -2.08. The van der Waals surface area contributed by atoms with Gasteiger partial charge >= 0.3 is 6.09 Å². The van der Waals surface area contributed by atoms with Crippen molar-refractivity contribution in [3.05, 3.63) is 29.8 Å². The number of benzene rings is 1. The molecule has 0 bridgehead atoms. The van der Waals surface area contributed by atoms with E-state index in [1.165, 1.54) is 0 Å². The molecule has 2 rings (SSSR count). The van der Waals surface area contributed by atoms with E-state index in [4.69, 9.17) is 4.74 Å². The molecule has 0 aromatic heterocycles. The number of anilines is 1. The van der Waals surface area contributed by atoms with E-state index in [9.17, 15) is 9.59 Å². The van der Waals surface area contributed by atoms with Crippen molar-refractivity contribution in [2.45, 2.75) is 26.8 Å². The van der Waals surface area contributed by atoms with E-state index in [-0.39, 0.29) is 18.0 Å². The van der Waals surface area contributed by atoms with Gasteiger partial charge in [-0.3, -0.25) is 9.69 Å². The summed E-state index contributed by atoms with van der Waals surface area (Å²) in [6.07, 6.45) is -0.274. The van der Waals surface area contributed by atoms with Crippen LogP contribution in [-0.4, -0.2) is 60.6 Å². The van der Waals surface area contributed by atoms with Crippen molar-refractivity contribution in [2.75, 3.05) is 38.1 Å². The van der Waals surface area contributed by atoms with E-state index in [0.29, 0.717) is 32.8 Å². The first-order valence-corrected chi connectivity index (χ1v) is 8.05. The van der Waals surface area contributed by atoms with Crippen LogP contribution in [0.15, 0.2) is 24.3 Å². The van der Waals surface area contributed by atoms with Crippen LogP contribution in [-0.2, 0) is 9.53 Å². The molecule has 1 aliphatic heterocycles. The molecule has 23 heavy (non-hydrogen) atoms. The molecule has 1 heterocycles. The third-order valence-electron chi connectivity index (χ3n) is 4.17. The number of carbonyl (C=O) groups is 2. The van der Waals surface area contributed by atoms with Gasteiger partial charge in [0.2, 0.25) is 5.91 Å². The van der Waals surface area contributed by atoms with Crippen LogP contribution in [0.1, 0.15) is 19.4 Å². The SMILES string of the molecule is CCOC(=O)N1CCN([C@@H](C)C(=O)Nc2ccccc2C)CC1. The molecule has 1 saturated heterocycles. The van der Waals surface area contributed by atoms with Gasteiger partial charge in [-0.05, 0) is 32.4 Å². The summed E-state index contributed by atoms with van der Waals surface area (Å²) in [6.45, 7) is 8.55. The van der Waals surface area contributed by atoms with Gasteiger partial charge in [0, 0.05) is 31.9 Å². The van der Waals surface area contributed by atoms with Gasteiger partial charge in [0.25, 0.3) is 0 Å². The molecule has 0 aliphatic carbocycles. The predicted molar refractivity (Wildman–Crippen MR) is 89.4 cm³/mol. The Labute approximate surface area is 137 Å². The lowest BCUT2D eigenvalue weighted by molar-refractivity contribution is -0.121. The summed E-state index contributed by atoms with van der Waals surface area (Å²) in [5.74, 6) is -0.0242. The monoisotopic (exact) mass is 319 g/mol. The van der Waals surface area contributed by atoms with Crippen molar-refractivity contribution in [1.29, 1.82) is 0 Å². The van der Waals surface area contributed by atoms with E-state index < -0.39 is 0 Å². The molecule has 6 heteroatoms. The second-order valence-corrected chi connectivity index (χ2v) is 5.70. The zero-order valence-corrected chi connectivity index (χ0v) is 14.0. The molecule has 1 aromatic carbocycles. The largest absolute Gasteiger partial charge is 0.450 e. The molecule has 1 atom stereocenters. The van der Waals surface area contributed by atoms with Crippen LogP contribution in [0, 0.1) is 6.92 Å². The number of nitrogens with zero attached hydrogens (tertiary/aromatic N) is 2. The second kappa shape index (κ2) is 7.97. The molecule has 0 unspecified atom stereocenters. The average molecular weight is 319 g/mol. The predicted octanol–water partition coefficient (Wildman–Crippen LogP) is 2.10. The molecule has 1 fully saturated rings. The average Bonchev–Trinajstić information content (AvgIpc) is 2.56. The van der Waals surface area contributed by atoms with Gasteiger partial charge in [-0.1, -0.05) is 18.2 Å². The molecule has 1 aliphatic rings. The van der Waals surface area contributed by atoms with Gasteiger partial charge in [-0.2, -0.15) is 0 Å². The number of aryl methyl sites for hydroxylation is 1. The molecule has 2 amide bonds. The van der Waals surface area contributed by atoms with Crippen LogP contribution < -0.4 is 5.32 Å². The van der Waals surface area contributed by atoms with Gasteiger partial charge in [0.15, 0.2) is 0 Å².